The van der Waals surface area contributed by atoms with Crippen LogP contribution in [-0.2, 0) is 13.2 Å². The molecule has 0 amide bonds. The number of nitrogens with one attached hydrogen (secondary N) is 1. The monoisotopic (exact) mass is 489 g/mol. The van der Waals surface area contributed by atoms with E-state index < -0.39 is 5.97 Å². The van der Waals surface area contributed by atoms with Crippen molar-refractivity contribution in [1.29, 1.82) is 0 Å². The van der Waals surface area contributed by atoms with Crippen molar-refractivity contribution in [3.05, 3.63) is 92.4 Å². The van der Waals surface area contributed by atoms with E-state index in [9.17, 15) is 4.79 Å². The van der Waals surface area contributed by atoms with Crippen LogP contribution < -0.4 is 10.1 Å². The third-order valence-electron chi connectivity index (χ3n) is 3.92. The van der Waals surface area contributed by atoms with Crippen molar-refractivity contribution in [2.45, 2.75) is 13.2 Å². The lowest BCUT2D eigenvalue weighted by atomic mass is 10.1. The summed E-state index contributed by atoms with van der Waals surface area (Å²) in [5, 5.41) is 12.4. The average molecular weight is 491 g/mol. The maximum atomic E-state index is 11.1. The van der Waals surface area contributed by atoms with Gasteiger partial charge in [-0.2, -0.15) is 0 Å². The van der Waals surface area contributed by atoms with Crippen LogP contribution in [0.3, 0.4) is 0 Å². The van der Waals surface area contributed by atoms with Gasteiger partial charge in [-0.05, 0) is 54.1 Å². The predicted molar refractivity (Wildman–Crippen MR) is 113 cm³/mol. The molecule has 3 aromatic rings. The lowest BCUT2D eigenvalue weighted by Gasteiger charge is -2.14. The van der Waals surface area contributed by atoms with Crippen molar-refractivity contribution in [2.75, 3.05) is 5.32 Å². The topological polar surface area (TPSA) is 58.6 Å². The van der Waals surface area contributed by atoms with Crippen LogP contribution in [0.15, 0.2) is 75.7 Å². The van der Waals surface area contributed by atoms with Gasteiger partial charge in [-0.15, -0.1) is 0 Å². The molecule has 0 radical (unpaired) electrons. The molecule has 6 heteroatoms. The van der Waals surface area contributed by atoms with Crippen LogP contribution in [0.25, 0.3) is 0 Å². The third-order valence-corrected chi connectivity index (χ3v) is 4.94. The molecule has 0 bridgehead atoms. The Kier molecular flexibility index (Phi) is 6.53. The second-order valence-electron chi connectivity index (χ2n) is 5.91. The summed E-state index contributed by atoms with van der Waals surface area (Å²) in [7, 11) is 0. The van der Waals surface area contributed by atoms with E-state index in [1.165, 1.54) is 0 Å². The Bertz CT molecular complexity index is 942. The Labute approximate surface area is 174 Å². The molecule has 0 spiro atoms. The normalized spacial score (nSPS) is 10.4. The number of aromatic carboxylic acids is 1. The largest absolute Gasteiger partial charge is 0.489 e. The molecular weight excluding hydrogens is 474 g/mol. The molecule has 0 aliphatic carbocycles. The van der Waals surface area contributed by atoms with E-state index in [2.05, 4.69) is 37.2 Å². The molecule has 2 N–H and O–H groups in total. The molecule has 0 atom stereocenters. The lowest BCUT2D eigenvalue weighted by Crippen LogP contribution is -2.05. The number of carbonyl (C=O) groups is 1. The number of carboxylic acids is 1. The maximum absolute atomic E-state index is 11.1. The summed E-state index contributed by atoms with van der Waals surface area (Å²) >= 11 is 6.92. The number of rotatable bonds is 7. The second-order valence-corrected chi connectivity index (χ2v) is 7.74. The number of benzene rings is 3. The molecule has 0 aromatic heterocycles. The zero-order valence-electron chi connectivity index (χ0n) is 14.3. The van der Waals surface area contributed by atoms with Crippen LogP contribution in [0.4, 0.5) is 5.69 Å². The summed E-state index contributed by atoms with van der Waals surface area (Å²) in [4.78, 5) is 11.1. The third kappa shape index (κ3) is 5.58. The van der Waals surface area contributed by atoms with Gasteiger partial charge >= 0.3 is 5.97 Å². The second kappa shape index (κ2) is 9.06. The molecule has 0 aliphatic rings. The predicted octanol–water partition coefficient (Wildman–Crippen LogP) is 6.10. The number of hydrogen-bond donors (Lipinski definition) is 2. The van der Waals surface area contributed by atoms with E-state index in [0.29, 0.717) is 13.2 Å². The molecule has 3 rings (SSSR count). The number of hydrogen-bond acceptors (Lipinski definition) is 3. The van der Waals surface area contributed by atoms with E-state index >= 15 is 0 Å². The van der Waals surface area contributed by atoms with E-state index in [1.807, 2.05) is 48.5 Å². The first-order valence-corrected chi connectivity index (χ1v) is 9.83. The van der Waals surface area contributed by atoms with Crippen LogP contribution in [0.2, 0.25) is 0 Å². The average Bonchev–Trinajstić information content (AvgIpc) is 2.67. The molecule has 0 fully saturated rings. The fourth-order valence-corrected chi connectivity index (χ4v) is 3.20. The van der Waals surface area contributed by atoms with Gasteiger partial charge in [-0.25, -0.2) is 4.79 Å². The van der Waals surface area contributed by atoms with Crippen LogP contribution in [0.1, 0.15) is 21.5 Å². The van der Waals surface area contributed by atoms with Gasteiger partial charge in [0.25, 0.3) is 0 Å². The molecule has 3 aromatic carbocycles. The number of ether oxygens (including phenoxy) is 1. The van der Waals surface area contributed by atoms with Gasteiger partial charge in [0.1, 0.15) is 12.4 Å². The Balaban J connectivity index is 1.71. The first kappa shape index (κ1) is 19.5. The first-order chi connectivity index (χ1) is 13.0. The number of halogens is 2. The fraction of sp³-hybridized carbons (Fsp3) is 0.0952. The van der Waals surface area contributed by atoms with Crippen LogP contribution >= 0.6 is 31.9 Å². The van der Waals surface area contributed by atoms with Gasteiger partial charge in [-0.1, -0.05) is 50.1 Å². The SMILES string of the molecule is O=C(O)c1cccc(NCc2cc(Br)ccc2OCc2ccc(Br)cc2)c1. The van der Waals surface area contributed by atoms with Crippen LogP contribution in [0.5, 0.6) is 5.75 Å². The Morgan fingerprint density at radius 2 is 1.70 bits per heavy atom. The summed E-state index contributed by atoms with van der Waals surface area (Å²) < 4.78 is 7.98. The first-order valence-electron chi connectivity index (χ1n) is 8.24. The molecule has 138 valence electrons. The molecular formula is C21H17Br2NO3. The minimum absolute atomic E-state index is 0.251. The molecule has 0 saturated carbocycles. The number of carboxylic acid groups (broad SMARTS) is 1. The summed E-state index contributed by atoms with van der Waals surface area (Å²) in [5.74, 6) is -0.164. The maximum Gasteiger partial charge on any atom is 0.335 e. The van der Waals surface area contributed by atoms with Crippen molar-refractivity contribution < 1.29 is 14.6 Å². The smallest absolute Gasteiger partial charge is 0.335 e. The molecule has 4 nitrogen and oxygen atoms in total. The fourth-order valence-electron chi connectivity index (χ4n) is 2.53. The highest BCUT2D eigenvalue weighted by Crippen LogP contribution is 2.25. The van der Waals surface area contributed by atoms with Crippen molar-refractivity contribution in [1.82, 2.24) is 0 Å². The molecule has 27 heavy (non-hydrogen) atoms. The minimum Gasteiger partial charge on any atom is -0.489 e. The molecule has 0 aliphatic heterocycles. The highest BCUT2D eigenvalue weighted by molar-refractivity contribution is 9.10. The Hall–Kier alpha value is -2.31. The van der Waals surface area contributed by atoms with Crippen LogP contribution in [-0.4, -0.2) is 11.1 Å². The highest BCUT2D eigenvalue weighted by atomic mass is 79.9. The van der Waals surface area contributed by atoms with E-state index in [1.54, 1.807) is 18.2 Å². The van der Waals surface area contributed by atoms with E-state index in [0.717, 1.165) is 31.5 Å². The van der Waals surface area contributed by atoms with Gasteiger partial charge in [-0.3, -0.25) is 0 Å². The van der Waals surface area contributed by atoms with Gasteiger partial charge in [0.05, 0.1) is 5.56 Å². The Morgan fingerprint density at radius 1 is 0.963 bits per heavy atom. The molecule has 0 saturated heterocycles. The van der Waals surface area contributed by atoms with E-state index in [4.69, 9.17) is 9.84 Å². The van der Waals surface area contributed by atoms with Crippen molar-refractivity contribution in [2.24, 2.45) is 0 Å². The minimum atomic E-state index is -0.945. The quantitative estimate of drug-likeness (QED) is 0.420. The van der Waals surface area contributed by atoms with Gasteiger partial charge in [0.2, 0.25) is 0 Å². The molecule has 0 unspecified atom stereocenters. The van der Waals surface area contributed by atoms with Crippen molar-refractivity contribution >= 4 is 43.5 Å². The lowest BCUT2D eigenvalue weighted by molar-refractivity contribution is 0.0697. The summed E-state index contributed by atoms with van der Waals surface area (Å²) in [6, 6.07) is 20.6. The highest BCUT2D eigenvalue weighted by Gasteiger charge is 2.07. The van der Waals surface area contributed by atoms with Crippen molar-refractivity contribution in [3.63, 3.8) is 0 Å². The van der Waals surface area contributed by atoms with Gasteiger partial charge in [0.15, 0.2) is 0 Å². The van der Waals surface area contributed by atoms with Crippen molar-refractivity contribution in [3.8, 4) is 5.75 Å². The number of anilines is 1. The zero-order chi connectivity index (χ0) is 19.2. The summed E-state index contributed by atoms with van der Waals surface area (Å²) in [5.41, 5.74) is 3.05. The Morgan fingerprint density at radius 3 is 2.44 bits per heavy atom. The molecule has 0 heterocycles. The summed E-state index contributed by atoms with van der Waals surface area (Å²) in [6.07, 6.45) is 0. The zero-order valence-corrected chi connectivity index (χ0v) is 17.5. The van der Waals surface area contributed by atoms with Gasteiger partial charge in [0, 0.05) is 26.7 Å². The van der Waals surface area contributed by atoms with Gasteiger partial charge < -0.3 is 15.2 Å². The van der Waals surface area contributed by atoms with E-state index in [-0.39, 0.29) is 5.56 Å². The standard InChI is InChI=1S/C21H17Br2NO3/c22-17-6-4-14(5-7-17)13-27-20-9-8-18(23)10-16(20)12-24-19-3-1-2-15(11-19)21(25)26/h1-11,24H,12-13H2,(H,25,26). The van der Waals surface area contributed by atoms with Crippen LogP contribution in [0, 0.1) is 0 Å². The summed E-state index contributed by atoms with van der Waals surface area (Å²) in [6.45, 7) is 0.981.